The van der Waals surface area contributed by atoms with Crippen molar-refractivity contribution in [2.45, 2.75) is 19.3 Å². The Labute approximate surface area is 132 Å². The molecule has 0 spiro atoms. The fourth-order valence-electron chi connectivity index (χ4n) is 2.26. The van der Waals surface area contributed by atoms with Crippen LogP contribution in [0.5, 0.6) is 5.75 Å². The molecule has 2 aromatic rings. The van der Waals surface area contributed by atoms with Gasteiger partial charge in [-0.2, -0.15) is 0 Å². The third-order valence-corrected chi connectivity index (χ3v) is 4.12. The number of carbonyl (C=O) groups is 1. The van der Waals surface area contributed by atoms with Crippen LogP contribution < -0.4 is 4.74 Å². The van der Waals surface area contributed by atoms with Gasteiger partial charge < -0.3 is 4.74 Å². The van der Waals surface area contributed by atoms with E-state index in [0.717, 1.165) is 12.6 Å². The third-order valence-electron chi connectivity index (χ3n) is 3.66. The molecular formula is C14H10BrFN2O4. The van der Waals surface area contributed by atoms with Crippen LogP contribution in [0.2, 0.25) is 0 Å². The van der Waals surface area contributed by atoms with Crippen LogP contribution >= 0.6 is 15.9 Å². The molecule has 1 heterocycles. The number of ether oxygens (including phenoxy) is 1. The summed E-state index contributed by atoms with van der Waals surface area (Å²) in [6, 6.07) is 2.64. The smallest absolute Gasteiger partial charge is 0.330 e. The van der Waals surface area contributed by atoms with Crippen LogP contribution in [0.4, 0.5) is 10.1 Å². The number of hydrogen-bond donors (Lipinski definition) is 0. The second-order valence-corrected chi connectivity index (χ2v) is 5.98. The molecule has 0 radical (unpaired) electrons. The summed E-state index contributed by atoms with van der Waals surface area (Å²) in [5.74, 6) is -1.69. The van der Waals surface area contributed by atoms with Crippen molar-refractivity contribution in [2.24, 2.45) is 5.92 Å². The molecule has 22 heavy (non-hydrogen) atoms. The molecule has 0 atom stereocenters. The second-order valence-electron chi connectivity index (χ2n) is 5.06. The predicted molar refractivity (Wildman–Crippen MR) is 79.0 cm³/mol. The Bertz CT molecular complexity index is 792. The largest absolute Gasteiger partial charge is 0.418 e. The SMILES string of the molecule is O=C(Oc1c([N+](=O)[O-])cnc2c(F)cc(Br)cc12)C1CCC1. The number of hydrogen-bond acceptors (Lipinski definition) is 5. The highest BCUT2D eigenvalue weighted by molar-refractivity contribution is 9.10. The number of nitrogens with zero attached hydrogens (tertiary/aromatic N) is 2. The number of halogens is 2. The summed E-state index contributed by atoms with van der Waals surface area (Å²) in [5.41, 5.74) is -0.539. The lowest BCUT2D eigenvalue weighted by Gasteiger charge is -2.23. The van der Waals surface area contributed by atoms with Crippen molar-refractivity contribution < 1.29 is 18.8 Å². The first kappa shape index (κ1) is 14.8. The molecule has 6 nitrogen and oxygen atoms in total. The molecular weight excluding hydrogens is 359 g/mol. The van der Waals surface area contributed by atoms with Crippen molar-refractivity contribution in [3.05, 3.63) is 38.7 Å². The normalized spacial score (nSPS) is 14.6. The molecule has 1 saturated carbocycles. The first-order valence-corrected chi connectivity index (χ1v) is 7.40. The summed E-state index contributed by atoms with van der Waals surface area (Å²) in [6.07, 6.45) is 3.24. The molecule has 0 unspecified atom stereocenters. The Kier molecular flexibility index (Phi) is 3.78. The maximum absolute atomic E-state index is 13.9. The summed E-state index contributed by atoms with van der Waals surface area (Å²) in [7, 11) is 0. The molecule has 0 N–H and O–H groups in total. The molecule has 1 aliphatic rings. The fourth-order valence-corrected chi connectivity index (χ4v) is 2.69. The van der Waals surface area contributed by atoms with Gasteiger partial charge in [-0.3, -0.25) is 14.9 Å². The summed E-state index contributed by atoms with van der Waals surface area (Å²) >= 11 is 3.12. The molecule has 114 valence electrons. The van der Waals surface area contributed by atoms with Crippen LogP contribution in [0.3, 0.4) is 0 Å². The van der Waals surface area contributed by atoms with Gasteiger partial charge in [0.2, 0.25) is 5.75 Å². The Hall–Kier alpha value is -2.09. The molecule has 1 fully saturated rings. The van der Waals surface area contributed by atoms with Crippen LogP contribution in [0, 0.1) is 21.8 Å². The van der Waals surface area contributed by atoms with E-state index in [1.165, 1.54) is 12.1 Å². The number of esters is 1. The number of pyridine rings is 1. The van der Waals surface area contributed by atoms with Gasteiger partial charge in [0.15, 0.2) is 5.82 Å². The monoisotopic (exact) mass is 368 g/mol. The van der Waals surface area contributed by atoms with Crippen molar-refractivity contribution in [1.82, 2.24) is 4.98 Å². The third kappa shape index (κ3) is 2.54. The number of carbonyl (C=O) groups excluding carboxylic acids is 1. The van der Waals surface area contributed by atoms with Crippen molar-refractivity contribution in [2.75, 3.05) is 0 Å². The quantitative estimate of drug-likeness (QED) is 0.468. The van der Waals surface area contributed by atoms with Crippen molar-refractivity contribution >= 4 is 38.5 Å². The Morgan fingerprint density at radius 3 is 2.77 bits per heavy atom. The van der Waals surface area contributed by atoms with Crippen LogP contribution in [0.15, 0.2) is 22.8 Å². The molecule has 0 aliphatic heterocycles. The van der Waals surface area contributed by atoms with E-state index in [4.69, 9.17) is 4.74 Å². The number of aromatic nitrogens is 1. The standard InChI is InChI=1S/C14H10BrFN2O4/c15-8-4-9-12(10(16)5-8)17-6-11(18(20)21)13(9)22-14(19)7-2-1-3-7/h4-7H,1-3H2. The van der Waals surface area contributed by atoms with E-state index < -0.39 is 22.4 Å². The molecule has 1 aliphatic carbocycles. The average Bonchev–Trinajstić information content (AvgIpc) is 2.36. The first-order chi connectivity index (χ1) is 10.5. The van der Waals surface area contributed by atoms with Gasteiger partial charge in [-0.25, -0.2) is 9.37 Å². The maximum Gasteiger partial charge on any atom is 0.330 e. The predicted octanol–water partition coefficient (Wildman–Crippen LogP) is 3.75. The van der Waals surface area contributed by atoms with Crippen LogP contribution in [0.1, 0.15) is 19.3 Å². The van der Waals surface area contributed by atoms with E-state index in [1.807, 2.05) is 0 Å². The number of fused-ring (bicyclic) bond motifs is 1. The lowest BCUT2D eigenvalue weighted by atomic mass is 9.86. The van der Waals surface area contributed by atoms with Crippen LogP contribution in [-0.2, 0) is 4.79 Å². The lowest BCUT2D eigenvalue weighted by Crippen LogP contribution is -2.26. The minimum absolute atomic E-state index is 0.0785. The van der Waals surface area contributed by atoms with Crippen LogP contribution in [0.25, 0.3) is 10.9 Å². The van der Waals surface area contributed by atoms with Gasteiger partial charge in [0.25, 0.3) is 0 Å². The van der Waals surface area contributed by atoms with Gasteiger partial charge in [-0.1, -0.05) is 22.4 Å². The zero-order chi connectivity index (χ0) is 15.9. The molecule has 0 bridgehead atoms. The van der Waals surface area contributed by atoms with Gasteiger partial charge in [-0.15, -0.1) is 0 Å². The van der Waals surface area contributed by atoms with E-state index in [2.05, 4.69) is 20.9 Å². The summed E-state index contributed by atoms with van der Waals surface area (Å²) in [5, 5.41) is 11.2. The molecule has 3 rings (SSSR count). The van der Waals surface area contributed by atoms with Crippen molar-refractivity contribution in [3.63, 3.8) is 0 Å². The van der Waals surface area contributed by atoms with Gasteiger partial charge in [0.05, 0.1) is 16.2 Å². The number of benzene rings is 1. The van der Waals surface area contributed by atoms with E-state index in [-0.39, 0.29) is 22.6 Å². The summed E-state index contributed by atoms with van der Waals surface area (Å²) < 4.78 is 19.5. The van der Waals surface area contributed by atoms with Crippen molar-refractivity contribution in [3.8, 4) is 5.75 Å². The molecule has 1 aromatic carbocycles. The first-order valence-electron chi connectivity index (χ1n) is 6.61. The molecule has 0 amide bonds. The Morgan fingerprint density at radius 2 is 2.18 bits per heavy atom. The van der Waals surface area contributed by atoms with E-state index in [9.17, 15) is 19.3 Å². The highest BCUT2D eigenvalue weighted by atomic mass is 79.9. The zero-order valence-electron chi connectivity index (χ0n) is 11.2. The van der Waals surface area contributed by atoms with Gasteiger partial charge in [-0.05, 0) is 25.0 Å². The summed E-state index contributed by atoms with van der Waals surface area (Å²) in [4.78, 5) is 26.2. The van der Waals surface area contributed by atoms with Gasteiger partial charge in [0, 0.05) is 4.47 Å². The number of rotatable bonds is 3. The fraction of sp³-hybridized carbons (Fsp3) is 0.286. The van der Waals surface area contributed by atoms with Gasteiger partial charge in [0.1, 0.15) is 11.7 Å². The van der Waals surface area contributed by atoms with E-state index in [1.54, 1.807) is 0 Å². The van der Waals surface area contributed by atoms with Crippen molar-refractivity contribution in [1.29, 1.82) is 0 Å². The van der Waals surface area contributed by atoms with E-state index >= 15 is 0 Å². The highest BCUT2D eigenvalue weighted by Crippen LogP contribution is 2.38. The van der Waals surface area contributed by atoms with Gasteiger partial charge >= 0.3 is 11.7 Å². The molecule has 1 aromatic heterocycles. The molecule has 8 heteroatoms. The Balaban J connectivity index is 2.16. The van der Waals surface area contributed by atoms with Crippen LogP contribution in [-0.4, -0.2) is 15.9 Å². The molecule has 0 saturated heterocycles. The topological polar surface area (TPSA) is 82.3 Å². The maximum atomic E-state index is 13.9. The Morgan fingerprint density at radius 1 is 1.45 bits per heavy atom. The second kappa shape index (κ2) is 5.60. The van der Waals surface area contributed by atoms with E-state index in [0.29, 0.717) is 17.3 Å². The number of nitro groups is 1. The summed E-state index contributed by atoms with van der Waals surface area (Å²) in [6.45, 7) is 0. The minimum Gasteiger partial charge on any atom is -0.418 e. The minimum atomic E-state index is -0.700. The lowest BCUT2D eigenvalue weighted by molar-refractivity contribution is -0.385. The highest BCUT2D eigenvalue weighted by Gasteiger charge is 2.31. The zero-order valence-corrected chi connectivity index (χ0v) is 12.8. The average molecular weight is 369 g/mol.